The third-order valence-electron chi connectivity index (χ3n) is 3.44. The summed E-state index contributed by atoms with van der Waals surface area (Å²) in [5.41, 5.74) is 7.30. The Bertz CT molecular complexity index is 736. The average molecular weight is 349 g/mol. The number of hydrogen-bond donors (Lipinski definition) is 2. The van der Waals surface area contributed by atoms with Gasteiger partial charge < -0.3 is 20.1 Å². The van der Waals surface area contributed by atoms with Crippen molar-refractivity contribution in [2.24, 2.45) is 0 Å². The van der Waals surface area contributed by atoms with E-state index in [0.717, 1.165) is 11.4 Å². The first-order valence-corrected chi connectivity index (χ1v) is 8.29. The highest BCUT2D eigenvalue weighted by atomic mass is 32.1. The van der Waals surface area contributed by atoms with E-state index < -0.39 is 0 Å². The second-order valence-corrected chi connectivity index (χ2v) is 6.58. The molecule has 3 N–H and O–H groups in total. The molecule has 8 nitrogen and oxygen atoms in total. The number of nitrogens with zero attached hydrogens (tertiary/aromatic N) is 3. The molecule has 0 saturated heterocycles. The van der Waals surface area contributed by atoms with Crippen molar-refractivity contribution in [3.63, 3.8) is 0 Å². The van der Waals surface area contributed by atoms with Gasteiger partial charge in [0, 0.05) is 12.8 Å². The number of nitrogens with two attached hydrogens (primary N) is 1. The Balaban J connectivity index is 1.68. The SMILES string of the molecule is COCc1nnc(NC(=O)CN2CC(C)Oc3ccc(N)cc32)s1. The number of hydrogen-bond acceptors (Lipinski definition) is 8. The van der Waals surface area contributed by atoms with Crippen molar-refractivity contribution in [3.05, 3.63) is 23.2 Å². The van der Waals surface area contributed by atoms with Crippen LogP contribution in [0.2, 0.25) is 0 Å². The first-order valence-electron chi connectivity index (χ1n) is 7.47. The molecule has 1 amide bonds. The molecule has 0 saturated carbocycles. The number of anilines is 3. The Morgan fingerprint density at radius 2 is 2.38 bits per heavy atom. The van der Waals surface area contributed by atoms with Gasteiger partial charge in [-0.05, 0) is 25.1 Å². The second kappa shape index (κ2) is 7.02. The van der Waals surface area contributed by atoms with Crippen LogP contribution < -0.4 is 20.7 Å². The first kappa shape index (κ1) is 16.5. The van der Waals surface area contributed by atoms with Crippen LogP contribution in [0.5, 0.6) is 5.75 Å². The summed E-state index contributed by atoms with van der Waals surface area (Å²) >= 11 is 1.29. The number of benzene rings is 1. The molecule has 0 spiro atoms. The predicted octanol–water partition coefficient (Wildman–Crippen LogP) is 1.49. The molecule has 128 valence electrons. The summed E-state index contributed by atoms with van der Waals surface area (Å²) in [6, 6.07) is 5.43. The van der Waals surface area contributed by atoms with E-state index in [4.69, 9.17) is 15.2 Å². The number of aromatic nitrogens is 2. The summed E-state index contributed by atoms with van der Waals surface area (Å²) < 4.78 is 10.8. The Morgan fingerprint density at radius 1 is 1.54 bits per heavy atom. The standard InChI is InChI=1S/C15H19N5O3S/c1-9-6-20(11-5-10(16)3-4-12(11)23-9)7-13(21)17-15-19-18-14(24-15)8-22-2/h3-5,9H,6-8,16H2,1-2H3,(H,17,19,21). The molecule has 1 aromatic heterocycles. The van der Waals surface area contributed by atoms with E-state index in [9.17, 15) is 4.79 Å². The van der Waals surface area contributed by atoms with Gasteiger partial charge in [0.25, 0.3) is 0 Å². The van der Waals surface area contributed by atoms with E-state index in [-0.39, 0.29) is 18.6 Å². The molecule has 0 radical (unpaired) electrons. The maximum atomic E-state index is 12.3. The Hall–Kier alpha value is -2.39. The van der Waals surface area contributed by atoms with Crippen LogP contribution in [-0.4, -0.2) is 42.4 Å². The Kier molecular flexibility index (Phi) is 4.81. The van der Waals surface area contributed by atoms with Gasteiger partial charge in [-0.2, -0.15) is 0 Å². The van der Waals surface area contributed by atoms with Gasteiger partial charge in [-0.3, -0.25) is 10.1 Å². The molecule has 1 aliphatic rings. The average Bonchev–Trinajstić information content (AvgIpc) is 2.95. The minimum absolute atomic E-state index is 0.0104. The quantitative estimate of drug-likeness (QED) is 0.788. The number of carbonyl (C=O) groups excluding carboxylic acids is 1. The minimum Gasteiger partial charge on any atom is -0.487 e. The van der Waals surface area contributed by atoms with Gasteiger partial charge in [0.05, 0.1) is 18.8 Å². The van der Waals surface area contributed by atoms with Gasteiger partial charge in [-0.25, -0.2) is 0 Å². The molecule has 0 bridgehead atoms. The van der Waals surface area contributed by atoms with Gasteiger partial charge in [0.2, 0.25) is 11.0 Å². The van der Waals surface area contributed by atoms with Crippen molar-refractivity contribution in [2.45, 2.75) is 19.6 Å². The molecule has 2 aromatic rings. The van der Waals surface area contributed by atoms with Crippen molar-refractivity contribution in [1.29, 1.82) is 0 Å². The van der Waals surface area contributed by atoms with Crippen LogP contribution >= 0.6 is 11.3 Å². The van der Waals surface area contributed by atoms with Gasteiger partial charge in [-0.15, -0.1) is 10.2 Å². The number of rotatable bonds is 5. The van der Waals surface area contributed by atoms with Crippen molar-refractivity contribution in [2.75, 3.05) is 36.1 Å². The van der Waals surface area contributed by atoms with Crippen LogP contribution in [0.15, 0.2) is 18.2 Å². The van der Waals surface area contributed by atoms with Crippen molar-refractivity contribution in [1.82, 2.24) is 10.2 Å². The van der Waals surface area contributed by atoms with E-state index in [2.05, 4.69) is 15.5 Å². The van der Waals surface area contributed by atoms with Crippen LogP contribution in [-0.2, 0) is 16.1 Å². The highest BCUT2D eigenvalue weighted by Crippen LogP contribution is 2.34. The molecule has 1 unspecified atom stereocenters. The summed E-state index contributed by atoms with van der Waals surface area (Å²) in [6.07, 6.45) is -0.0104. The van der Waals surface area contributed by atoms with Gasteiger partial charge in [0.1, 0.15) is 23.5 Å². The van der Waals surface area contributed by atoms with Crippen molar-refractivity contribution < 1.29 is 14.3 Å². The molecule has 0 aliphatic carbocycles. The number of methoxy groups -OCH3 is 1. The van der Waals surface area contributed by atoms with Crippen LogP contribution in [0, 0.1) is 0 Å². The summed E-state index contributed by atoms with van der Waals surface area (Å²) in [5, 5.41) is 11.8. The third kappa shape index (κ3) is 3.74. The lowest BCUT2D eigenvalue weighted by molar-refractivity contribution is -0.115. The highest BCUT2D eigenvalue weighted by molar-refractivity contribution is 7.15. The Labute approximate surface area is 143 Å². The molecular formula is C15H19N5O3S. The highest BCUT2D eigenvalue weighted by Gasteiger charge is 2.25. The number of amides is 1. The first-order chi connectivity index (χ1) is 11.5. The Morgan fingerprint density at radius 3 is 3.17 bits per heavy atom. The molecule has 1 aliphatic heterocycles. The van der Waals surface area contributed by atoms with Crippen molar-refractivity contribution in [3.8, 4) is 5.75 Å². The minimum atomic E-state index is -0.169. The fourth-order valence-corrected chi connectivity index (χ4v) is 3.24. The fourth-order valence-electron chi connectivity index (χ4n) is 2.51. The monoisotopic (exact) mass is 349 g/mol. The molecule has 24 heavy (non-hydrogen) atoms. The van der Waals surface area contributed by atoms with E-state index in [1.165, 1.54) is 11.3 Å². The lowest BCUT2D eigenvalue weighted by Crippen LogP contribution is -2.42. The number of nitrogen functional groups attached to an aromatic ring is 1. The van der Waals surface area contributed by atoms with E-state index in [0.29, 0.717) is 29.0 Å². The largest absolute Gasteiger partial charge is 0.487 e. The van der Waals surface area contributed by atoms with Crippen LogP contribution in [0.4, 0.5) is 16.5 Å². The van der Waals surface area contributed by atoms with E-state index >= 15 is 0 Å². The van der Waals surface area contributed by atoms with E-state index in [1.54, 1.807) is 13.2 Å². The lowest BCUT2D eigenvalue weighted by atomic mass is 10.2. The van der Waals surface area contributed by atoms with Gasteiger partial charge in [0.15, 0.2) is 0 Å². The maximum absolute atomic E-state index is 12.3. The smallest absolute Gasteiger partial charge is 0.245 e. The van der Waals surface area contributed by atoms with Crippen LogP contribution in [0.3, 0.4) is 0 Å². The number of carbonyl (C=O) groups is 1. The number of ether oxygens (including phenoxy) is 2. The zero-order chi connectivity index (χ0) is 17.1. The number of nitrogens with one attached hydrogen (secondary N) is 1. The third-order valence-corrected chi connectivity index (χ3v) is 4.26. The van der Waals surface area contributed by atoms with Crippen molar-refractivity contribution >= 4 is 33.8 Å². The summed E-state index contributed by atoms with van der Waals surface area (Å²) in [7, 11) is 1.59. The molecule has 2 heterocycles. The maximum Gasteiger partial charge on any atom is 0.245 e. The summed E-state index contributed by atoms with van der Waals surface area (Å²) in [6.45, 7) is 3.13. The molecule has 1 aromatic carbocycles. The zero-order valence-electron chi connectivity index (χ0n) is 13.5. The van der Waals surface area contributed by atoms with E-state index in [1.807, 2.05) is 24.0 Å². The number of fused-ring (bicyclic) bond motifs is 1. The lowest BCUT2D eigenvalue weighted by Gasteiger charge is -2.34. The summed E-state index contributed by atoms with van der Waals surface area (Å²) in [4.78, 5) is 14.3. The zero-order valence-corrected chi connectivity index (χ0v) is 14.3. The van der Waals surface area contributed by atoms with Gasteiger partial charge in [-0.1, -0.05) is 11.3 Å². The molecule has 1 atom stereocenters. The molecule has 0 fully saturated rings. The molecule has 9 heteroatoms. The molecular weight excluding hydrogens is 330 g/mol. The van der Waals surface area contributed by atoms with Crippen LogP contribution in [0.25, 0.3) is 0 Å². The second-order valence-electron chi connectivity index (χ2n) is 5.52. The summed E-state index contributed by atoms with van der Waals surface area (Å²) in [5.74, 6) is 0.562. The topological polar surface area (TPSA) is 103 Å². The van der Waals surface area contributed by atoms with Gasteiger partial charge >= 0.3 is 0 Å². The molecule has 3 rings (SSSR count). The predicted molar refractivity (Wildman–Crippen MR) is 92.4 cm³/mol. The normalized spacial score (nSPS) is 16.4. The van der Waals surface area contributed by atoms with Crippen LogP contribution in [0.1, 0.15) is 11.9 Å². The fraction of sp³-hybridized carbons (Fsp3) is 0.400.